The van der Waals surface area contributed by atoms with Crippen LogP contribution in [0.4, 0.5) is 0 Å². The number of rotatable bonds is 4. The quantitative estimate of drug-likeness (QED) is 0.849. The maximum Gasteiger partial charge on any atom is 0.289 e. The maximum atomic E-state index is 11.9. The van der Waals surface area contributed by atoms with Crippen LogP contribution in [0.5, 0.6) is 0 Å². The van der Waals surface area contributed by atoms with E-state index in [9.17, 15) is 4.79 Å². The lowest BCUT2D eigenvalue weighted by Crippen LogP contribution is -2.49. The van der Waals surface area contributed by atoms with Crippen LogP contribution < -0.4 is 5.32 Å². The van der Waals surface area contributed by atoms with Gasteiger partial charge in [0.2, 0.25) is 5.76 Å². The van der Waals surface area contributed by atoms with Gasteiger partial charge in [0.05, 0.1) is 11.2 Å². The number of carbonyl (C=O) groups excluding carboxylic acids is 1. The molecular weight excluding hydrogens is 251 g/mol. The van der Waals surface area contributed by atoms with E-state index in [1.165, 1.54) is 0 Å². The average molecular weight is 265 g/mol. The number of amides is 1. The van der Waals surface area contributed by atoms with Crippen LogP contribution in [0.2, 0.25) is 0 Å². The number of aromatic nitrogens is 1. The molecule has 6 heteroatoms. The van der Waals surface area contributed by atoms with Gasteiger partial charge >= 0.3 is 0 Å². The maximum absolute atomic E-state index is 11.9. The summed E-state index contributed by atoms with van der Waals surface area (Å²) in [5.74, 6) is 0.782. The molecule has 90 valence electrons. The minimum atomic E-state index is -0.646. The molecule has 0 aliphatic heterocycles. The van der Waals surface area contributed by atoms with Crippen molar-refractivity contribution < 1.29 is 9.21 Å². The first kappa shape index (κ1) is 13.3. The van der Waals surface area contributed by atoms with E-state index in [4.69, 9.17) is 27.6 Å². The van der Waals surface area contributed by atoms with Crippen LogP contribution >= 0.6 is 23.2 Å². The highest BCUT2D eigenvalue weighted by Gasteiger charge is 2.27. The third-order valence-corrected chi connectivity index (χ3v) is 3.29. The molecule has 1 N–H and O–H groups in total. The predicted octanol–water partition coefficient (Wildman–Crippen LogP) is 2.26. The number of alkyl halides is 2. The van der Waals surface area contributed by atoms with E-state index in [1.807, 2.05) is 0 Å². The fourth-order valence-electron chi connectivity index (χ4n) is 1.18. The van der Waals surface area contributed by atoms with Gasteiger partial charge in [0.1, 0.15) is 0 Å². The first-order valence-corrected chi connectivity index (χ1v) is 5.87. The Morgan fingerprint density at radius 1 is 1.44 bits per heavy atom. The Balaban J connectivity index is 2.84. The third-order valence-electron chi connectivity index (χ3n) is 2.11. The van der Waals surface area contributed by atoms with Gasteiger partial charge in [-0.2, -0.15) is 0 Å². The molecule has 0 fully saturated rings. The van der Waals surface area contributed by atoms with Gasteiger partial charge in [-0.15, -0.1) is 23.2 Å². The summed E-state index contributed by atoms with van der Waals surface area (Å²) < 4.78 is 5.20. The number of aryl methyl sites for hydroxylation is 2. The number of oxazole rings is 1. The zero-order chi connectivity index (χ0) is 12.3. The van der Waals surface area contributed by atoms with E-state index in [1.54, 1.807) is 20.8 Å². The molecule has 0 radical (unpaired) electrons. The number of carbonyl (C=O) groups is 1. The third kappa shape index (κ3) is 2.89. The Hall–Kier alpha value is -0.740. The van der Waals surface area contributed by atoms with E-state index in [0.717, 1.165) is 0 Å². The van der Waals surface area contributed by atoms with Crippen molar-refractivity contribution in [2.45, 2.75) is 26.3 Å². The van der Waals surface area contributed by atoms with Crippen molar-refractivity contribution >= 4 is 29.1 Å². The highest BCUT2D eigenvalue weighted by molar-refractivity contribution is 6.22. The molecule has 0 aliphatic rings. The number of hydrogen-bond acceptors (Lipinski definition) is 3. The van der Waals surface area contributed by atoms with E-state index in [2.05, 4.69) is 10.3 Å². The van der Waals surface area contributed by atoms with Crippen LogP contribution in [0.25, 0.3) is 0 Å². The van der Waals surface area contributed by atoms with E-state index in [0.29, 0.717) is 11.6 Å². The second-order valence-electron chi connectivity index (χ2n) is 3.93. The molecule has 0 aromatic carbocycles. The van der Waals surface area contributed by atoms with E-state index in [-0.39, 0.29) is 23.4 Å². The Labute approximate surface area is 104 Å². The van der Waals surface area contributed by atoms with E-state index >= 15 is 0 Å². The number of nitrogens with one attached hydrogen (secondary N) is 1. The molecule has 0 aliphatic carbocycles. The fraction of sp³-hybridized carbons (Fsp3) is 0.600. The second kappa shape index (κ2) is 5.06. The largest absolute Gasteiger partial charge is 0.436 e. The van der Waals surface area contributed by atoms with Crippen molar-refractivity contribution in [3.05, 3.63) is 17.3 Å². The molecule has 0 atom stereocenters. The normalized spacial score (nSPS) is 11.6. The Morgan fingerprint density at radius 3 is 2.38 bits per heavy atom. The first-order chi connectivity index (χ1) is 7.41. The summed E-state index contributed by atoms with van der Waals surface area (Å²) in [6, 6.07) is 0. The molecule has 0 saturated heterocycles. The highest BCUT2D eigenvalue weighted by Crippen LogP contribution is 2.13. The standard InChI is InChI=1S/C10H14Cl2N2O2/c1-6-8(16-7(2)13-6)9(15)14-10(3,4-11)5-12/h4-5H2,1-3H3,(H,14,15). The molecule has 1 aromatic rings. The van der Waals surface area contributed by atoms with Crippen molar-refractivity contribution in [1.29, 1.82) is 0 Å². The van der Waals surface area contributed by atoms with Gasteiger partial charge in [-0.1, -0.05) is 0 Å². The minimum absolute atomic E-state index is 0.207. The Kier molecular flexibility index (Phi) is 4.21. The summed E-state index contributed by atoms with van der Waals surface area (Å²) in [5, 5.41) is 2.73. The lowest BCUT2D eigenvalue weighted by molar-refractivity contribution is 0.0890. The van der Waals surface area contributed by atoms with Crippen LogP contribution in [0.1, 0.15) is 29.1 Å². The van der Waals surface area contributed by atoms with Crippen LogP contribution in [-0.2, 0) is 0 Å². The zero-order valence-corrected chi connectivity index (χ0v) is 10.9. The van der Waals surface area contributed by atoms with Crippen LogP contribution in [-0.4, -0.2) is 28.2 Å². The van der Waals surface area contributed by atoms with Gasteiger partial charge in [-0.3, -0.25) is 4.79 Å². The molecule has 0 spiro atoms. The van der Waals surface area contributed by atoms with Gasteiger partial charge in [0.15, 0.2) is 5.89 Å². The molecule has 0 unspecified atom stereocenters. The molecule has 1 aromatic heterocycles. The zero-order valence-electron chi connectivity index (χ0n) is 9.43. The van der Waals surface area contributed by atoms with Gasteiger partial charge < -0.3 is 9.73 Å². The molecule has 4 nitrogen and oxygen atoms in total. The molecule has 0 saturated carbocycles. The van der Waals surface area contributed by atoms with Gasteiger partial charge in [0, 0.05) is 18.7 Å². The smallest absolute Gasteiger partial charge is 0.289 e. The molecule has 1 rings (SSSR count). The monoisotopic (exact) mass is 264 g/mol. The van der Waals surface area contributed by atoms with Crippen molar-refractivity contribution in [3.63, 3.8) is 0 Å². The summed E-state index contributed by atoms with van der Waals surface area (Å²) in [4.78, 5) is 15.9. The van der Waals surface area contributed by atoms with Gasteiger partial charge in [-0.25, -0.2) is 4.98 Å². The minimum Gasteiger partial charge on any atom is -0.436 e. The number of halogens is 2. The molecule has 0 bridgehead atoms. The van der Waals surface area contributed by atoms with Gasteiger partial charge in [-0.05, 0) is 13.8 Å². The van der Waals surface area contributed by atoms with Crippen molar-refractivity contribution in [2.75, 3.05) is 11.8 Å². The lowest BCUT2D eigenvalue weighted by atomic mass is 10.1. The number of nitrogens with zero attached hydrogens (tertiary/aromatic N) is 1. The summed E-state index contributed by atoms with van der Waals surface area (Å²) >= 11 is 11.5. The van der Waals surface area contributed by atoms with Crippen LogP contribution in [0.3, 0.4) is 0 Å². The molecular formula is C10H14Cl2N2O2. The predicted molar refractivity (Wildman–Crippen MR) is 63.3 cm³/mol. The van der Waals surface area contributed by atoms with Crippen LogP contribution in [0.15, 0.2) is 4.42 Å². The van der Waals surface area contributed by atoms with Crippen molar-refractivity contribution in [1.82, 2.24) is 10.3 Å². The molecule has 1 heterocycles. The highest BCUT2D eigenvalue weighted by atomic mass is 35.5. The van der Waals surface area contributed by atoms with E-state index < -0.39 is 5.54 Å². The fourth-order valence-corrected chi connectivity index (χ4v) is 1.59. The van der Waals surface area contributed by atoms with Crippen LogP contribution in [0, 0.1) is 13.8 Å². The first-order valence-electron chi connectivity index (χ1n) is 4.80. The Bertz CT molecular complexity index is 386. The van der Waals surface area contributed by atoms with Crippen molar-refractivity contribution in [2.24, 2.45) is 0 Å². The lowest BCUT2D eigenvalue weighted by Gasteiger charge is -2.25. The number of hydrogen-bond donors (Lipinski definition) is 1. The second-order valence-corrected chi connectivity index (χ2v) is 4.46. The van der Waals surface area contributed by atoms with Gasteiger partial charge in [0.25, 0.3) is 5.91 Å². The molecule has 1 amide bonds. The topological polar surface area (TPSA) is 55.1 Å². The summed E-state index contributed by atoms with van der Waals surface area (Å²) in [6.07, 6.45) is 0. The molecule has 16 heavy (non-hydrogen) atoms. The summed E-state index contributed by atoms with van der Waals surface area (Å²) in [7, 11) is 0. The summed E-state index contributed by atoms with van der Waals surface area (Å²) in [6.45, 7) is 5.17. The average Bonchev–Trinajstić information content (AvgIpc) is 2.57. The van der Waals surface area contributed by atoms with Crippen molar-refractivity contribution in [3.8, 4) is 0 Å². The summed E-state index contributed by atoms with van der Waals surface area (Å²) in [5.41, 5.74) is -0.0886. The SMILES string of the molecule is Cc1nc(C)c(C(=O)NC(C)(CCl)CCl)o1. The Morgan fingerprint density at radius 2 is 2.00 bits per heavy atom.